The Labute approximate surface area is 160 Å². The first-order valence-electron chi connectivity index (χ1n) is 8.80. The predicted octanol–water partition coefficient (Wildman–Crippen LogP) is 3.84. The lowest BCUT2D eigenvalue weighted by molar-refractivity contribution is -0.159. The number of amides is 1. The summed E-state index contributed by atoms with van der Waals surface area (Å²) in [7, 11) is 0. The van der Waals surface area contributed by atoms with Crippen LogP contribution in [0.15, 0.2) is 40.9 Å². The van der Waals surface area contributed by atoms with Crippen molar-refractivity contribution in [2.24, 2.45) is 0 Å². The average molecular weight is 395 g/mol. The Bertz CT molecular complexity index is 840. The van der Waals surface area contributed by atoms with E-state index < -0.39 is 12.1 Å². The number of halogens is 3. The van der Waals surface area contributed by atoms with Crippen LogP contribution in [-0.2, 0) is 22.3 Å². The van der Waals surface area contributed by atoms with Gasteiger partial charge in [-0.1, -0.05) is 36.0 Å². The highest BCUT2D eigenvalue weighted by Gasteiger charge is 2.38. The molecule has 1 aromatic carbocycles. The van der Waals surface area contributed by atoms with E-state index in [9.17, 15) is 18.0 Å². The Morgan fingerprint density at radius 1 is 1.32 bits per heavy atom. The maximum absolute atomic E-state index is 12.6. The van der Waals surface area contributed by atoms with E-state index in [4.69, 9.17) is 4.74 Å². The average Bonchev–Trinajstić information content (AvgIpc) is 3.32. The molecule has 3 rings (SSSR count). The van der Waals surface area contributed by atoms with Crippen molar-refractivity contribution in [2.75, 3.05) is 13.2 Å². The van der Waals surface area contributed by atoms with Gasteiger partial charge in [-0.25, -0.2) is 0 Å². The fourth-order valence-electron chi connectivity index (χ4n) is 2.96. The number of hydrogen-bond acceptors (Lipinski definition) is 5. The molecule has 1 aliphatic rings. The summed E-state index contributed by atoms with van der Waals surface area (Å²) in [5, 5.41) is 3.36. The van der Waals surface area contributed by atoms with Gasteiger partial charge in [-0.3, -0.25) is 4.79 Å². The molecule has 0 aliphatic carbocycles. The third-order valence-corrected chi connectivity index (χ3v) is 4.35. The molecule has 1 atom stereocenters. The maximum Gasteiger partial charge on any atom is 0.471 e. The zero-order valence-corrected chi connectivity index (χ0v) is 15.3. The summed E-state index contributed by atoms with van der Waals surface area (Å²) in [4.78, 5) is 17.5. The van der Waals surface area contributed by atoms with Gasteiger partial charge in [-0.2, -0.15) is 18.2 Å². The lowest BCUT2D eigenvalue weighted by Crippen LogP contribution is -2.37. The van der Waals surface area contributed by atoms with Crippen molar-refractivity contribution in [2.45, 2.75) is 38.6 Å². The fourth-order valence-corrected chi connectivity index (χ4v) is 2.96. The first kappa shape index (κ1) is 20.1. The highest BCUT2D eigenvalue weighted by Crippen LogP contribution is 2.29. The quantitative estimate of drug-likeness (QED) is 0.695. The van der Waals surface area contributed by atoms with E-state index in [1.165, 1.54) is 0 Å². The number of carbonyl (C=O) groups is 1. The molecule has 1 aliphatic heterocycles. The highest BCUT2D eigenvalue weighted by molar-refractivity contribution is 5.92. The molecule has 0 bridgehead atoms. The van der Waals surface area contributed by atoms with Crippen LogP contribution in [0.2, 0.25) is 0 Å². The Hall–Kier alpha value is -2.68. The van der Waals surface area contributed by atoms with Gasteiger partial charge in [0.05, 0.1) is 6.10 Å². The van der Waals surface area contributed by atoms with Crippen LogP contribution in [0.4, 0.5) is 13.2 Å². The summed E-state index contributed by atoms with van der Waals surface area (Å²) in [6.45, 7) is 6.87. The Morgan fingerprint density at radius 2 is 2.04 bits per heavy atom. The third kappa shape index (κ3) is 4.78. The van der Waals surface area contributed by atoms with Gasteiger partial charge in [0, 0.05) is 30.8 Å². The van der Waals surface area contributed by atoms with Crippen LogP contribution >= 0.6 is 0 Å². The molecule has 6 nitrogen and oxygen atoms in total. The van der Waals surface area contributed by atoms with Gasteiger partial charge in [-0.05, 0) is 25.3 Å². The van der Waals surface area contributed by atoms with E-state index in [-0.39, 0.29) is 17.8 Å². The standard InChI is InChI=1S/C19H20F3N3O3/c1-12(2)17(26)25(11-15-4-3-9-27-15)10-13-5-7-14(8-6-13)16-23-18(28-24-16)19(20,21)22/h5-8,15H,1,3-4,9-11H2,2H3. The minimum absolute atomic E-state index is 0.00249. The predicted molar refractivity (Wildman–Crippen MR) is 93.9 cm³/mol. The largest absolute Gasteiger partial charge is 0.471 e. The summed E-state index contributed by atoms with van der Waals surface area (Å²) < 4.78 is 47.6. The van der Waals surface area contributed by atoms with E-state index in [1.807, 2.05) is 0 Å². The summed E-state index contributed by atoms with van der Waals surface area (Å²) in [6.07, 6.45) is -2.81. The second kappa shape index (κ2) is 8.14. The van der Waals surface area contributed by atoms with Crippen molar-refractivity contribution in [3.05, 3.63) is 47.9 Å². The van der Waals surface area contributed by atoms with Crippen LogP contribution in [0.5, 0.6) is 0 Å². The Balaban J connectivity index is 1.72. The van der Waals surface area contributed by atoms with Gasteiger partial charge < -0.3 is 14.2 Å². The van der Waals surface area contributed by atoms with Gasteiger partial charge in [0.15, 0.2) is 0 Å². The van der Waals surface area contributed by atoms with Crippen molar-refractivity contribution >= 4 is 5.91 Å². The van der Waals surface area contributed by atoms with Crippen LogP contribution < -0.4 is 0 Å². The van der Waals surface area contributed by atoms with Crippen molar-refractivity contribution < 1.29 is 27.2 Å². The minimum Gasteiger partial charge on any atom is -0.376 e. The number of rotatable bonds is 6. The van der Waals surface area contributed by atoms with Gasteiger partial charge in [-0.15, -0.1) is 0 Å². The molecule has 1 fully saturated rings. The van der Waals surface area contributed by atoms with Crippen LogP contribution in [0.25, 0.3) is 11.4 Å². The molecular weight excluding hydrogens is 375 g/mol. The number of carbonyl (C=O) groups excluding carboxylic acids is 1. The highest BCUT2D eigenvalue weighted by atomic mass is 19.4. The summed E-state index contributed by atoms with van der Waals surface area (Å²) in [6, 6.07) is 6.62. The molecule has 0 saturated carbocycles. The second-order valence-corrected chi connectivity index (χ2v) is 6.72. The van der Waals surface area contributed by atoms with Crippen molar-refractivity contribution in [3.63, 3.8) is 0 Å². The number of ether oxygens (including phenoxy) is 1. The second-order valence-electron chi connectivity index (χ2n) is 6.72. The smallest absolute Gasteiger partial charge is 0.376 e. The summed E-state index contributed by atoms with van der Waals surface area (Å²) in [5.41, 5.74) is 1.64. The molecule has 9 heteroatoms. The molecule has 1 aromatic heterocycles. The molecule has 1 unspecified atom stereocenters. The molecular formula is C19H20F3N3O3. The Morgan fingerprint density at radius 3 is 2.57 bits per heavy atom. The van der Waals surface area contributed by atoms with Crippen molar-refractivity contribution in [1.29, 1.82) is 0 Å². The van der Waals surface area contributed by atoms with Gasteiger partial charge in [0.1, 0.15) is 0 Å². The molecule has 1 amide bonds. The van der Waals surface area contributed by atoms with E-state index in [2.05, 4.69) is 21.2 Å². The van der Waals surface area contributed by atoms with E-state index in [0.29, 0.717) is 30.8 Å². The minimum atomic E-state index is -4.68. The SMILES string of the molecule is C=C(C)C(=O)N(Cc1ccc(-c2noc(C(F)(F)F)n2)cc1)CC1CCCO1. The molecule has 150 valence electrons. The first-order valence-corrected chi connectivity index (χ1v) is 8.80. The maximum atomic E-state index is 12.6. The van der Waals surface area contributed by atoms with E-state index in [1.54, 1.807) is 36.1 Å². The van der Waals surface area contributed by atoms with Crippen LogP contribution in [0.1, 0.15) is 31.2 Å². The first-order chi connectivity index (χ1) is 13.2. The molecule has 0 radical (unpaired) electrons. The molecule has 0 spiro atoms. The van der Waals surface area contributed by atoms with Gasteiger partial charge >= 0.3 is 12.1 Å². The molecule has 2 heterocycles. The van der Waals surface area contributed by atoms with Crippen molar-refractivity contribution in [3.8, 4) is 11.4 Å². The van der Waals surface area contributed by atoms with E-state index >= 15 is 0 Å². The number of nitrogens with zero attached hydrogens (tertiary/aromatic N) is 3. The zero-order chi connectivity index (χ0) is 20.3. The molecule has 2 aromatic rings. The van der Waals surface area contributed by atoms with Crippen LogP contribution in [0, 0.1) is 0 Å². The normalized spacial score (nSPS) is 16.9. The lowest BCUT2D eigenvalue weighted by atomic mass is 10.1. The monoisotopic (exact) mass is 395 g/mol. The zero-order valence-electron chi connectivity index (χ0n) is 15.3. The number of alkyl halides is 3. The number of benzene rings is 1. The molecule has 0 N–H and O–H groups in total. The Kier molecular flexibility index (Phi) is 5.83. The molecule has 28 heavy (non-hydrogen) atoms. The topological polar surface area (TPSA) is 68.5 Å². The third-order valence-electron chi connectivity index (χ3n) is 4.35. The van der Waals surface area contributed by atoms with Crippen molar-refractivity contribution in [1.82, 2.24) is 15.0 Å². The molecule has 1 saturated heterocycles. The number of aromatic nitrogens is 2. The number of hydrogen-bond donors (Lipinski definition) is 0. The van der Waals surface area contributed by atoms with Gasteiger partial charge in [0.25, 0.3) is 0 Å². The van der Waals surface area contributed by atoms with E-state index in [0.717, 1.165) is 18.4 Å². The van der Waals surface area contributed by atoms with Gasteiger partial charge in [0.2, 0.25) is 11.7 Å². The van der Waals surface area contributed by atoms with Crippen LogP contribution in [-0.4, -0.2) is 40.2 Å². The summed E-state index contributed by atoms with van der Waals surface area (Å²) in [5.74, 6) is -1.69. The fraction of sp³-hybridized carbons (Fsp3) is 0.421. The summed E-state index contributed by atoms with van der Waals surface area (Å²) >= 11 is 0. The van der Waals surface area contributed by atoms with Crippen LogP contribution in [0.3, 0.4) is 0 Å². The lowest BCUT2D eigenvalue weighted by Gasteiger charge is -2.25.